The van der Waals surface area contributed by atoms with Crippen LogP contribution in [0, 0.1) is 0 Å². The normalized spacial score (nSPS) is 11.9. The second-order valence-corrected chi connectivity index (χ2v) is 4.06. The summed E-state index contributed by atoms with van der Waals surface area (Å²) in [5, 5.41) is 3.61. The van der Waals surface area contributed by atoms with Crippen molar-refractivity contribution in [2.45, 2.75) is 25.8 Å². The molecule has 1 aromatic heterocycles. The zero-order valence-corrected chi connectivity index (χ0v) is 10.5. The van der Waals surface area contributed by atoms with Gasteiger partial charge in [0.2, 0.25) is 0 Å². The smallest absolute Gasteiger partial charge is 0.416 e. The number of benzene rings is 1. The minimum Gasteiger partial charge on any atom is -0.486 e. The fourth-order valence-corrected chi connectivity index (χ4v) is 1.57. The Labute approximate surface area is 116 Å². The highest BCUT2D eigenvalue weighted by Gasteiger charge is 2.30. The maximum absolute atomic E-state index is 12.4. The molecule has 0 fully saturated rings. The molecule has 0 aliphatic rings. The first-order valence-corrected chi connectivity index (χ1v) is 5.81. The number of aromatic nitrogens is 3. The fourth-order valence-electron chi connectivity index (χ4n) is 1.57. The highest BCUT2D eigenvalue weighted by atomic mass is 19.4. The standard InChI is InChI=1S/C12H10F5N3O/c13-10(14)5-20-11(18-7-19-20)6-21-9-3-1-8(2-4-9)12(15,16)17/h1-4,7,10H,5-6H2. The molecule has 114 valence electrons. The lowest BCUT2D eigenvalue weighted by atomic mass is 10.2. The Hall–Kier alpha value is -2.19. The van der Waals surface area contributed by atoms with Crippen molar-refractivity contribution < 1.29 is 26.7 Å². The maximum Gasteiger partial charge on any atom is 0.416 e. The molecule has 0 radical (unpaired) electrons. The molecule has 0 aliphatic carbocycles. The molecule has 9 heteroatoms. The van der Waals surface area contributed by atoms with Crippen LogP contribution in [0.1, 0.15) is 11.4 Å². The Morgan fingerprint density at radius 3 is 2.38 bits per heavy atom. The Morgan fingerprint density at radius 2 is 1.81 bits per heavy atom. The Balaban J connectivity index is 1.99. The van der Waals surface area contributed by atoms with Gasteiger partial charge in [0.05, 0.1) is 5.56 Å². The molecule has 2 rings (SSSR count). The van der Waals surface area contributed by atoms with Gasteiger partial charge in [-0.05, 0) is 24.3 Å². The van der Waals surface area contributed by atoms with Crippen LogP contribution in [-0.2, 0) is 19.3 Å². The minimum absolute atomic E-state index is 0.162. The topological polar surface area (TPSA) is 39.9 Å². The highest BCUT2D eigenvalue weighted by Crippen LogP contribution is 2.30. The lowest BCUT2D eigenvalue weighted by Gasteiger charge is -2.09. The molecule has 0 spiro atoms. The predicted octanol–water partition coefficient (Wildman–Crippen LogP) is 3.14. The molecule has 1 aromatic carbocycles. The average Bonchev–Trinajstić information content (AvgIpc) is 2.82. The highest BCUT2D eigenvalue weighted by molar-refractivity contribution is 5.28. The van der Waals surface area contributed by atoms with Gasteiger partial charge in [0, 0.05) is 0 Å². The SMILES string of the molecule is FC(F)Cn1ncnc1COc1ccc(C(F)(F)F)cc1. The van der Waals surface area contributed by atoms with Gasteiger partial charge in [-0.15, -0.1) is 0 Å². The van der Waals surface area contributed by atoms with E-state index in [1.54, 1.807) is 0 Å². The zero-order chi connectivity index (χ0) is 15.5. The van der Waals surface area contributed by atoms with Crippen molar-refractivity contribution >= 4 is 0 Å². The van der Waals surface area contributed by atoms with Gasteiger partial charge in [-0.25, -0.2) is 18.4 Å². The van der Waals surface area contributed by atoms with E-state index in [-0.39, 0.29) is 18.2 Å². The van der Waals surface area contributed by atoms with Crippen LogP contribution in [0.25, 0.3) is 0 Å². The summed E-state index contributed by atoms with van der Waals surface area (Å²) in [6, 6.07) is 4.05. The molecular weight excluding hydrogens is 297 g/mol. The third kappa shape index (κ3) is 4.14. The van der Waals surface area contributed by atoms with E-state index >= 15 is 0 Å². The second-order valence-electron chi connectivity index (χ2n) is 4.06. The predicted molar refractivity (Wildman–Crippen MR) is 61.8 cm³/mol. The lowest BCUT2D eigenvalue weighted by Crippen LogP contribution is -2.13. The van der Waals surface area contributed by atoms with E-state index in [2.05, 4.69) is 10.1 Å². The fraction of sp³-hybridized carbons (Fsp3) is 0.333. The Kier molecular flexibility index (Phi) is 4.39. The Morgan fingerprint density at radius 1 is 1.14 bits per heavy atom. The average molecular weight is 307 g/mol. The third-order valence-electron chi connectivity index (χ3n) is 2.56. The van der Waals surface area contributed by atoms with Crippen molar-refractivity contribution in [3.8, 4) is 5.75 Å². The molecule has 0 saturated heterocycles. The van der Waals surface area contributed by atoms with Crippen LogP contribution >= 0.6 is 0 Å². The number of nitrogens with zero attached hydrogens (tertiary/aromatic N) is 3. The summed E-state index contributed by atoms with van der Waals surface area (Å²) < 4.78 is 67.8. The first kappa shape index (κ1) is 15.2. The summed E-state index contributed by atoms with van der Waals surface area (Å²) in [7, 11) is 0. The number of ether oxygens (including phenoxy) is 1. The quantitative estimate of drug-likeness (QED) is 0.797. The minimum atomic E-state index is -4.42. The first-order valence-electron chi connectivity index (χ1n) is 5.81. The lowest BCUT2D eigenvalue weighted by molar-refractivity contribution is -0.137. The van der Waals surface area contributed by atoms with Crippen LogP contribution in [0.4, 0.5) is 22.0 Å². The van der Waals surface area contributed by atoms with Gasteiger partial charge < -0.3 is 4.74 Å². The van der Waals surface area contributed by atoms with Crippen molar-refractivity contribution in [2.24, 2.45) is 0 Å². The molecule has 0 N–H and O–H groups in total. The van der Waals surface area contributed by atoms with Crippen molar-refractivity contribution in [1.82, 2.24) is 14.8 Å². The first-order chi connectivity index (χ1) is 9.86. The maximum atomic E-state index is 12.4. The van der Waals surface area contributed by atoms with Gasteiger partial charge in [0.25, 0.3) is 6.43 Å². The van der Waals surface area contributed by atoms with Gasteiger partial charge in [0.15, 0.2) is 5.82 Å². The van der Waals surface area contributed by atoms with E-state index in [4.69, 9.17) is 4.74 Å². The van der Waals surface area contributed by atoms with E-state index in [1.807, 2.05) is 0 Å². The molecule has 4 nitrogen and oxygen atoms in total. The number of halogens is 5. The van der Waals surface area contributed by atoms with E-state index in [0.717, 1.165) is 35.3 Å². The summed E-state index contributed by atoms with van der Waals surface area (Å²) in [5.41, 5.74) is -0.796. The largest absolute Gasteiger partial charge is 0.486 e. The molecule has 1 heterocycles. The van der Waals surface area contributed by atoms with Gasteiger partial charge >= 0.3 is 6.18 Å². The van der Waals surface area contributed by atoms with Crippen molar-refractivity contribution in [2.75, 3.05) is 0 Å². The molecular formula is C12H10F5N3O. The van der Waals surface area contributed by atoms with Gasteiger partial charge in [-0.1, -0.05) is 0 Å². The molecule has 0 unspecified atom stereocenters. The van der Waals surface area contributed by atoms with Crippen LogP contribution in [0.2, 0.25) is 0 Å². The third-order valence-corrected chi connectivity index (χ3v) is 2.56. The van der Waals surface area contributed by atoms with Crippen molar-refractivity contribution in [3.63, 3.8) is 0 Å². The van der Waals surface area contributed by atoms with E-state index in [9.17, 15) is 22.0 Å². The number of hydrogen-bond donors (Lipinski definition) is 0. The number of alkyl halides is 5. The summed E-state index contributed by atoms with van der Waals surface area (Å²) in [4.78, 5) is 3.75. The van der Waals surface area contributed by atoms with Crippen LogP contribution in [0.5, 0.6) is 5.75 Å². The van der Waals surface area contributed by atoms with E-state index in [0.29, 0.717) is 0 Å². The molecule has 0 amide bonds. The van der Waals surface area contributed by atoms with Crippen LogP contribution in [0.15, 0.2) is 30.6 Å². The monoisotopic (exact) mass is 307 g/mol. The molecule has 21 heavy (non-hydrogen) atoms. The van der Waals surface area contributed by atoms with Gasteiger partial charge in [-0.2, -0.15) is 18.3 Å². The second kappa shape index (κ2) is 6.06. The van der Waals surface area contributed by atoms with Gasteiger partial charge in [0.1, 0.15) is 25.2 Å². The Bertz CT molecular complexity index is 579. The van der Waals surface area contributed by atoms with E-state index < -0.39 is 24.7 Å². The van der Waals surface area contributed by atoms with Crippen LogP contribution in [-0.4, -0.2) is 21.2 Å². The summed E-state index contributed by atoms with van der Waals surface area (Å²) in [6.45, 7) is -0.788. The molecule has 0 aliphatic heterocycles. The summed E-state index contributed by atoms with van der Waals surface area (Å²) >= 11 is 0. The summed E-state index contributed by atoms with van der Waals surface area (Å²) in [6.07, 6.45) is -5.90. The number of rotatable bonds is 5. The molecule has 0 saturated carbocycles. The van der Waals surface area contributed by atoms with Crippen LogP contribution < -0.4 is 4.74 Å². The van der Waals surface area contributed by atoms with Crippen molar-refractivity contribution in [1.29, 1.82) is 0 Å². The molecule has 0 bridgehead atoms. The van der Waals surface area contributed by atoms with E-state index in [1.165, 1.54) is 0 Å². The molecule has 2 aromatic rings. The van der Waals surface area contributed by atoms with Crippen molar-refractivity contribution in [3.05, 3.63) is 42.0 Å². The van der Waals surface area contributed by atoms with Crippen LogP contribution in [0.3, 0.4) is 0 Å². The number of hydrogen-bond acceptors (Lipinski definition) is 3. The van der Waals surface area contributed by atoms with Gasteiger partial charge in [-0.3, -0.25) is 0 Å². The summed E-state index contributed by atoms with van der Waals surface area (Å²) in [5.74, 6) is 0.338. The zero-order valence-electron chi connectivity index (χ0n) is 10.5. The molecule has 0 atom stereocenters.